The van der Waals surface area contributed by atoms with Gasteiger partial charge in [-0.3, -0.25) is 9.48 Å². The molecule has 0 aliphatic heterocycles. The zero-order chi connectivity index (χ0) is 26.8. The van der Waals surface area contributed by atoms with Crippen LogP contribution in [0.5, 0.6) is 11.6 Å². The first kappa shape index (κ1) is 24.2. The van der Waals surface area contributed by atoms with Crippen LogP contribution in [0.4, 0.5) is 0 Å². The fourth-order valence-corrected chi connectivity index (χ4v) is 4.68. The maximum absolute atomic E-state index is 12.8. The van der Waals surface area contributed by atoms with Gasteiger partial charge in [-0.2, -0.15) is 5.10 Å². The Morgan fingerprint density at radius 2 is 1.95 bits per heavy atom. The number of benzene rings is 3. The van der Waals surface area contributed by atoms with E-state index in [0.29, 0.717) is 41.4 Å². The normalized spacial score (nSPS) is 11.2. The topological polar surface area (TPSA) is 118 Å². The highest BCUT2D eigenvalue weighted by Crippen LogP contribution is 2.35. The number of aryl methyl sites for hydroxylation is 1. The quantitative estimate of drug-likeness (QED) is 0.239. The monoisotopic (exact) mass is 518 g/mol. The van der Waals surface area contributed by atoms with Crippen molar-refractivity contribution in [1.82, 2.24) is 30.0 Å². The average Bonchev–Trinajstić information content (AvgIpc) is 3.59. The number of phenolic OH excluding ortho intramolecular Hbond substituents is 1. The maximum atomic E-state index is 12.8. The predicted octanol–water partition coefficient (Wildman–Crippen LogP) is 5.18. The van der Waals surface area contributed by atoms with Crippen molar-refractivity contribution in [2.75, 3.05) is 13.7 Å². The lowest BCUT2D eigenvalue weighted by atomic mass is 10.0. The lowest BCUT2D eigenvalue weighted by molar-refractivity contribution is 0.0952. The van der Waals surface area contributed by atoms with E-state index in [0.717, 1.165) is 34.0 Å². The highest BCUT2D eigenvalue weighted by Gasteiger charge is 2.15. The van der Waals surface area contributed by atoms with Crippen molar-refractivity contribution in [1.29, 1.82) is 0 Å². The van der Waals surface area contributed by atoms with Gasteiger partial charge in [-0.25, -0.2) is 9.97 Å². The number of pyridine rings is 1. The Balaban J connectivity index is 1.17. The highest BCUT2D eigenvalue weighted by molar-refractivity contribution is 5.97. The van der Waals surface area contributed by atoms with Gasteiger partial charge >= 0.3 is 0 Å². The van der Waals surface area contributed by atoms with Gasteiger partial charge in [0.1, 0.15) is 11.6 Å². The van der Waals surface area contributed by atoms with Crippen LogP contribution in [0.15, 0.2) is 85.2 Å². The third-order valence-corrected chi connectivity index (χ3v) is 6.66. The van der Waals surface area contributed by atoms with Crippen LogP contribution >= 0.6 is 0 Å². The van der Waals surface area contributed by atoms with E-state index in [1.165, 1.54) is 0 Å². The summed E-state index contributed by atoms with van der Waals surface area (Å²) in [6.07, 6.45) is 4.27. The first-order valence-corrected chi connectivity index (χ1v) is 12.6. The number of methoxy groups -OCH3 is 1. The predicted molar refractivity (Wildman–Crippen MR) is 150 cm³/mol. The molecule has 1 amide bonds. The summed E-state index contributed by atoms with van der Waals surface area (Å²) in [5.41, 5.74) is 5.16. The summed E-state index contributed by atoms with van der Waals surface area (Å²) < 4.78 is 7.34. The number of carbonyl (C=O) groups is 1. The summed E-state index contributed by atoms with van der Waals surface area (Å²) in [5.74, 6) is 0.910. The summed E-state index contributed by atoms with van der Waals surface area (Å²) in [7, 11) is 1.57. The lowest BCUT2D eigenvalue weighted by Crippen LogP contribution is -2.25. The van der Waals surface area contributed by atoms with Gasteiger partial charge in [-0.1, -0.05) is 24.3 Å². The molecule has 3 N–H and O–H groups in total. The molecule has 0 aliphatic carbocycles. The van der Waals surface area contributed by atoms with Gasteiger partial charge in [0.25, 0.3) is 5.91 Å². The van der Waals surface area contributed by atoms with Gasteiger partial charge in [0.15, 0.2) is 0 Å². The molecule has 0 bridgehead atoms. The van der Waals surface area contributed by atoms with Crippen molar-refractivity contribution in [3.63, 3.8) is 0 Å². The maximum Gasteiger partial charge on any atom is 0.251 e. The van der Waals surface area contributed by atoms with E-state index < -0.39 is 0 Å². The fraction of sp³-hybridized carbons (Fsp3) is 0.133. The number of aromatic nitrogens is 5. The number of carbonyl (C=O) groups excluding carboxylic acids is 1. The summed E-state index contributed by atoms with van der Waals surface area (Å²) in [6, 6.07) is 22.4. The Kier molecular flexibility index (Phi) is 6.38. The van der Waals surface area contributed by atoms with Crippen LogP contribution in [-0.2, 0) is 6.54 Å². The number of hydrogen-bond acceptors (Lipinski definition) is 6. The molecule has 0 aliphatic rings. The van der Waals surface area contributed by atoms with Crippen LogP contribution in [0.25, 0.3) is 44.5 Å². The molecule has 0 atom stereocenters. The molecule has 0 fully saturated rings. The summed E-state index contributed by atoms with van der Waals surface area (Å²) in [4.78, 5) is 25.0. The van der Waals surface area contributed by atoms with Crippen molar-refractivity contribution < 1.29 is 14.6 Å². The van der Waals surface area contributed by atoms with Gasteiger partial charge in [0.05, 0.1) is 35.4 Å². The Labute approximate surface area is 224 Å². The first-order valence-electron chi connectivity index (χ1n) is 12.6. The van der Waals surface area contributed by atoms with Crippen molar-refractivity contribution in [2.45, 2.75) is 13.0 Å². The van der Waals surface area contributed by atoms with Gasteiger partial charge in [0.2, 0.25) is 5.88 Å². The minimum atomic E-state index is -0.166. The number of nitrogens with zero attached hydrogens (tertiary/aromatic N) is 4. The highest BCUT2D eigenvalue weighted by atomic mass is 16.5. The second kappa shape index (κ2) is 10.3. The van der Waals surface area contributed by atoms with E-state index in [2.05, 4.69) is 25.4 Å². The van der Waals surface area contributed by atoms with E-state index in [4.69, 9.17) is 4.74 Å². The zero-order valence-electron chi connectivity index (χ0n) is 21.3. The number of hydrogen-bond donors (Lipinski definition) is 3. The van der Waals surface area contributed by atoms with Crippen LogP contribution < -0.4 is 10.1 Å². The van der Waals surface area contributed by atoms with E-state index >= 15 is 0 Å². The molecule has 0 saturated heterocycles. The number of imidazole rings is 1. The molecule has 3 heterocycles. The van der Waals surface area contributed by atoms with E-state index in [9.17, 15) is 9.90 Å². The molecule has 3 aromatic carbocycles. The Morgan fingerprint density at radius 3 is 2.85 bits per heavy atom. The summed E-state index contributed by atoms with van der Waals surface area (Å²) >= 11 is 0. The molecule has 6 aromatic rings. The van der Waals surface area contributed by atoms with E-state index in [1.54, 1.807) is 37.6 Å². The van der Waals surface area contributed by atoms with Gasteiger partial charge in [-0.05, 0) is 60.5 Å². The first-order chi connectivity index (χ1) is 19.1. The molecule has 0 spiro atoms. The Morgan fingerprint density at radius 1 is 1.05 bits per heavy atom. The van der Waals surface area contributed by atoms with Crippen molar-refractivity contribution >= 4 is 27.8 Å². The second-order valence-electron chi connectivity index (χ2n) is 9.15. The second-order valence-corrected chi connectivity index (χ2v) is 9.15. The molecule has 0 saturated carbocycles. The standard InChI is InChI=1S/C30H26N6O3/c1-39-30-22(7-4-13-32-30)19-10-12-27(37)23(16-19)28-34-24-11-9-20(17-25(24)35-28)29(38)31-14-5-15-36-26-8-3-2-6-21(26)18-33-36/h2-4,6-13,16-18,37H,5,14-15H2,1H3,(H,31,38)(H,34,35). The van der Waals surface area contributed by atoms with Crippen molar-refractivity contribution in [3.05, 3.63) is 90.8 Å². The van der Waals surface area contributed by atoms with Crippen LogP contribution in [0.2, 0.25) is 0 Å². The van der Waals surface area contributed by atoms with Gasteiger partial charge < -0.3 is 20.1 Å². The number of aromatic hydroxyl groups is 1. The van der Waals surface area contributed by atoms with Gasteiger partial charge in [-0.15, -0.1) is 0 Å². The van der Waals surface area contributed by atoms with Crippen LogP contribution in [0.1, 0.15) is 16.8 Å². The van der Waals surface area contributed by atoms with Crippen molar-refractivity contribution in [3.8, 4) is 34.1 Å². The Bertz CT molecular complexity index is 1810. The molecule has 0 unspecified atom stereocenters. The molecule has 9 heteroatoms. The number of rotatable bonds is 8. The number of fused-ring (bicyclic) bond motifs is 2. The molecule has 194 valence electrons. The summed E-state index contributed by atoms with van der Waals surface area (Å²) in [5, 5.41) is 19.1. The number of ether oxygens (including phenoxy) is 1. The molecule has 39 heavy (non-hydrogen) atoms. The number of nitrogens with one attached hydrogen (secondary N) is 2. The van der Waals surface area contributed by atoms with Crippen LogP contribution in [0.3, 0.4) is 0 Å². The minimum Gasteiger partial charge on any atom is -0.507 e. The fourth-order valence-electron chi connectivity index (χ4n) is 4.68. The van der Waals surface area contributed by atoms with Crippen LogP contribution in [-0.4, -0.2) is 49.4 Å². The molecule has 9 nitrogen and oxygen atoms in total. The number of phenols is 1. The smallest absolute Gasteiger partial charge is 0.251 e. The molecule has 3 aromatic heterocycles. The number of amides is 1. The molecular formula is C30H26N6O3. The third-order valence-electron chi connectivity index (χ3n) is 6.66. The molecule has 6 rings (SSSR count). The number of aromatic amines is 1. The minimum absolute atomic E-state index is 0.0867. The van der Waals surface area contributed by atoms with Crippen molar-refractivity contribution in [2.24, 2.45) is 0 Å². The number of H-pyrrole nitrogens is 1. The van der Waals surface area contributed by atoms with Gasteiger partial charge in [0, 0.05) is 35.8 Å². The third kappa shape index (κ3) is 4.77. The average molecular weight is 519 g/mol. The zero-order valence-corrected chi connectivity index (χ0v) is 21.3. The summed E-state index contributed by atoms with van der Waals surface area (Å²) in [6.45, 7) is 1.23. The number of para-hydroxylation sites is 1. The van der Waals surface area contributed by atoms with E-state index in [1.807, 2.05) is 59.4 Å². The molecular weight excluding hydrogens is 492 g/mol. The largest absolute Gasteiger partial charge is 0.507 e. The SMILES string of the molecule is COc1ncccc1-c1ccc(O)c(-c2nc3cc(C(=O)NCCCn4ncc5ccccc54)ccc3[nH]2)c1. The van der Waals surface area contributed by atoms with E-state index in [-0.39, 0.29) is 11.7 Å². The lowest BCUT2D eigenvalue weighted by Gasteiger charge is -2.09. The Hall–Kier alpha value is -5.18. The van der Waals surface area contributed by atoms with Crippen LogP contribution in [0, 0.1) is 0 Å². The molecule has 0 radical (unpaired) electrons.